The van der Waals surface area contributed by atoms with Crippen LogP contribution in [0.15, 0.2) is 30.5 Å². The summed E-state index contributed by atoms with van der Waals surface area (Å²) in [6, 6.07) is 7.76. The van der Waals surface area contributed by atoms with Crippen LogP contribution in [0, 0.1) is 0 Å². The van der Waals surface area contributed by atoms with Crippen molar-refractivity contribution in [1.82, 2.24) is 9.78 Å². The molecule has 1 aliphatic heterocycles. The highest BCUT2D eigenvalue weighted by atomic mass is 16.6. The highest BCUT2D eigenvalue weighted by Gasteiger charge is 2.15. The van der Waals surface area contributed by atoms with Crippen molar-refractivity contribution >= 4 is 0 Å². The minimum atomic E-state index is -0.0919. The Kier molecular flexibility index (Phi) is 3.13. The summed E-state index contributed by atoms with van der Waals surface area (Å²) in [6.07, 6.45) is 2.63. The third-order valence-corrected chi connectivity index (χ3v) is 3.19. The van der Waals surface area contributed by atoms with Crippen LogP contribution in [0.1, 0.15) is 17.3 Å². The van der Waals surface area contributed by atoms with Crippen molar-refractivity contribution in [3.63, 3.8) is 0 Å². The molecule has 1 aromatic carbocycles. The summed E-state index contributed by atoms with van der Waals surface area (Å²) in [6.45, 7) is 1.19. The molecule has 5 heteroatoms. The van der Waals surface area contributed by atoms with Gasteiger partial charge in [-0.05, 0) is 23.8 Å². The maximum Gasteiger partial charge on any atom is 0.161 e. The molecular weight excluding hydrogens is 242 g/mol. The molecule has 0 bridgehead atoms. The number of aromatic nitrogens is 2. The topological polar surface area (TPSA) is 62.3 Å². The second kappa shape index (κ2) is 4.93. The molecule has 0 saturated carbocycles. The first kappa shape index (κ1) is 12.0. The maximum absolute atomic E-state index is 6.22. The van der Waals surface area contributed by atoms with Gasteiger partial charge in [0.25, 0.3) is 0 Å². The average Bonchev–Trinajstić information content (AvgIpc) is 2.83. The number of nitrogens with two attached hydrogens (primary N) is 1. The SMILES string of the molecule is Cn1ccc(CC(N)c2ccc3c(c2)OCCO3)n1. The number of aryl methyl sites for hydroxylation is 1. The summed E-state index contributed by atoms with van der Waals surface area (Å²) in [5, 5.41) is 4.34. The molecule has 1 atom stereocenters. The summed E-state index contributed by atoms with van der Waals surface area (Å²) in [4.78, 5) is 0. The van der Waals surface area contributed by atoms with E-state index in [9.17, 15) is 0 Å². The minimum absolute atomic E-state index is 0.0919. The average molecular weight is 259 g/mol. The summed E-state index contributed by atoms with van der Waals surface area (Å²) in [5.41, 5.74) is 8.25. The van der Waals surface area contributed by atoms with Crippen molar-refractivity contribution in [2.75, 3.05) is 13.2 Å². The van der Waals surface area contributed by atoms with Gasteiger partial charge < -0.3 is 15.2 Å². The summed E-state index contributed by atoms with van der Waals surface area (Å²) < 4.78 is 12.9. The fourth-order valence-electron chi connectivity index (χ4n) is 2.21. The van der Waals surface area contributed by atoms with Crippen LogP contribution < -0.4 is 15.2 Å². The molecule has 2 N–H and O–H groups in total. The maximum atomic E-state index is 6.22. The molecule has 1 aliphatic rings. The van der Waals surface area contributed by atoms with Crippen LogP contribution >= 0.6 is 0 Å². The van der Waals surface area contributed by atoms with Gasteiger partial charge in [-0.2, -0.15) is 5.10 Å². The molecular formula is C14H17N3O2. The largest absolute Gasteiger partial charge is 0.486 e. The predicted molar refractivity (Wildman–Crippen MR) is 71.3 cm³/mol. The van der Waals surface area contributed by atoms with Crippen LogP contribution in [0.3, 0.4) is 0 Å². The molecule has 0 fully saturated rings. The Labute approximate surface area is 111 Å². The number of rotatable bonds is 3. The Balaban J connectivity index is 1.77. The molecule has 0 saturated heterocycles. The van der Waals surface area contributed by atoms with Crippen LogP contribution in [0.5, 0.6) is 11.5 Å². The van der Waals surface area contributed by atoms with Crippen molar-refractivity contribution in [2.24, 2.45) is 12.8 Å². The first-order chi connectivity index (χ1) is 9.22. The quantitative estimate of drug-likeness (QED) is 0.906. The Morgan fingerprint density at radius 1 is 1.26 bits per heavy atom. The molecule has 100 valence electrons. The van der Waals surface area contributed by atoms with E-state index >= 15 is 0 Å². The molecule has 19 heavy (non-hydrogen) atoms. The van der Waals surface area contributed by atoms with E-state index in [0.29, 0.717) is 19.6 Å². The first-order valence-electron chi connectivity index (χ1n) is 6.36. The Morgan fingerprint density at radius 3 is 2.79 bits per heavy atom. The molecule has 1 aromatic heterocycles. The number of nitrogens with zero attached hydrogens (tertiary/aromatic N) is 2. The summed E-state index contributed by atoms with van der Waals surface area (Å²) in [5.74, 6) is 1.57. The molecule has 0 spiro atoms. The smallest absolute Gasteiger partial charge is 0.161 e. The molecule has 5 nitrogen and oxygen atoms in total. The van der Waals surface area contributed by atoms with Crippen LogP contribution in [-0.2, 0) is 13.5 Å². The van der Waals surface area contributed by atoms with Gasteiger partial charge in [0.05, 0.1) is 5.69 Å². The number of hydrogen-bond donors (Lipinski definition) is 1. The van der Waals surface area contributed by atoms with Gasteiger partial charge in [-0.1, -0.05) is 6.07 Å². The number of hydrogen-bond acceptors (Lipinski definition) is 4. The molecule has 1 unspecified atom stereocenters. The molecule has 2 aromatic rings. The minimum Gasteiger partial charge on any atom is -0.486 e. The van der Waals surface area contributed by atoms with Gasteiger partial charge >= 0.3 is 0 Å². The van der Waals surface area contributed by atoms with E-state index in [-0.39, 0.29) is 6.04 Å². The lowest BCUT2D eigenvalue weighted by molar-refractivity contribution is 0.171. The zero-order chi connectivity index (χ0) is 13.2. The molecule has 0 amide bonds. The number of ether oxygens (including phenoxy) is 2. The van der Waals surface area contributed by atoms with Gasteiger partial charge in [-0.25, -0.2) is 0 Å². The summed E-state index contributed by atoms with van der Waals surface area (Å²) in [7, 11) is 1.90. The van der Waals surface area contributed by atoms with Crippen molar-refractivity contribution in [3.8, 4) is 11.5 Å². The normalized spacial score (nSPS) is 15.3. The molecule has 0 aliphatic carbocycles. The van der Waals surface area contributed by atoms with Gasteiger partial charge in [0.15, 0.2) is 11.5 Å². The monoisotopic (exact) mass is 259 g/mol. The summed E-state index contributed by atoms with van der Waals surface area (Å²) >= 11 is 0. The van der Waals surface area contributed by atoms with Gasteiger partial charge in [-0.15, -0.1) is 0 Å². The van der Waals surface area contributed by atoms with Gasteiger partial charge in [0.1, 0.15) is 13.2 Å². The lowest BCUT2D eigenvalue weighted by Gasteiger charge is -2.20. The van der Waals surface area contributed by atoms with Gasteiger partial charge in [0.2, 0.25) is 0 Å². The second-order valence-corrected chi connectivity index (χ2v) is 4.69. The van der Waals surface area contributed by atoms with Crippen molar-refractivity contribution in [3.05, 3.63) is 41.7 Å². The number of benzene rings is 1. The van der Waals surface area contributed by atoms with Crippen LogP contribution in [0.4, 0.5) is 0 Å². The number of fused-ring (bicyclic) bond motifs is 1. The standard InChI is InChI=1S/C14H17N3O2/c1-17-5-4-11(16-17)9-12(15)10-2-3-13-14(8-10)19-7-6-18-13/h2-5,8,12H,6-7,9,15H2,1H3. The molecule has 0 radical (unpaired) electrons. The van der Waals surface area contributed by atoms with E-state index in [1.54, 1.807) is 4.68 Å². The lowest BCUT2D eigenvalue weighted by atomic mass is 10.0. The van der Waals surface area contributed by atoms with E-state index in [1.807, 2.05) is 37.5 Å². The van der Waals surface area contributed by atoms with Crippen LogP contribution in [0.25, 0.3) is 0 Å². The highest BCUT2D eigenvalue weighted by Crippen LogP contribution is 2.32. The Bertz CT molecular complexity index is 580. The Hall–Kier alpha value is -2.01. The second-order valence-electron chi connectivity index (χ2n) is 4.69. The lowest BCUT2D eigenvalue weighted by Crippen LogP contribution is -2.17. The van der Waals surface area contributed by atoms with Gasteiger partial charge in [-0.3, -0.25) is 4.68 Å². The third-order valence-electron chi connectivity index (χ3n) is 3.19. The van der Waals surface area contributed by atoms with Crippen molar-refractivity contribution in [2.45, 2.75) is 12.5 Å². The Morgan fingerprint density at radius 2 is 2.05 bits per heavy atom. The fourth-order valence-corrected chi connectivity index (χ4v) is 2.21. The molecule has 2 heterocycles. The van der Waals surface area contributed by atoms with Crippen LogP contribution in [-0.4, -0.2) is 23.0 Å². The van der Waals surface area contributed by atoms with Crippen LogP contribution in [0.2, 0.25) is 0 Å². The van der Waals surface area contributed by atoms with E-state index in [1.165, 1.54) is 0 Å². The van der Waals surface area contributed by atoms with E-state index < -0.39 is 0 Å². The van der Waals surface area contributed by atoms with Crippen molar-refractivity contribution < 1.29 is 9.47 Å². The highest BCUT2D eigenvalue weighted by molar-refractivity contribution is 5.44. The van der Waals surface area contributed by atoms with Crippen molar-refractivity contribution in [1.29, 1.82) is 0 Å². The van der Waals surface area contributed by atoms with E-state index in [4.69, 9.17) is 15.2 Å². The third kappa shape index (κ3) is 2.56. The first-order valence-corrected chi connectivity index (χ1v) is 6.36. The zero-order valence-electron chi connectivity index (χ0n) is 10.9. The van der Waals surface area contributed by atoms with E-state index in [0.717, 1.165) is 22.8 Å². The zero-order valence-corrected chi connectivity index (χ0v) is 10.9. The molecule has 3 rings (SSSR count). The van der Waals surface area contributed by atoms with E-state index in [2.05, 4.69) is 5.10 Å². The fraction of sp³-hybridized carbons (Fsp3) is 0.357. The predicted octanol–water partition coefficient (Wildman–Crippen LogP) is 1.43. The van der Waals surface area contributed by atoms with Gasteiger partial charge in [0, 0.05) is 25.7 Å².